The number of likely N-dealkylation sites (N-methyl/N-ethyl adjacent to an activating group) is 1. The largest absolute Gasteiger partial charge is 0.394 e. The van der Waals surface area contributed by atoms with Crippen LogP contribution in [0.15, 0.2) is 18.2 Å². The molecule has 0 saturated heterocycles. The van der Waals surface area contributed by atoms with E-state index in [1.165, 1.54) is 4.90 Å². The Hall–Kier alpha value is -0.970. The van der Waals surface area contributed by atoms with E-state index in [1.807, 2.05) is 12.1 Å². The van der Waals surface area contributed by atoms with Gasteiger partial charge in [-0.3, -0.25) is 0 Å². The highest BCUT2D eigenvalue weighted by Crippen LogP contribution is 2.19. The molecule has 0 radical (unpaired) electrons. The second-order valence-corrected chi connectivity index (χ2v) is 5.27. The molecule has 0 saturated carbocycles. The number of amides is 2. The van der Waals surface area contributed by atoms with Crippen LogP contribution in [0, 0.1) is 0 Å². The minimum Gasteiger partial charge on any atom is -0.394 e. The lowest BCUT2D eigenvalue weighted by atomic mass is 10.1. The Morgan fingerprint density at radius 1 is 1.37 bits per heavy atom. The molecule has 19 heavy (non-hydrogen) atoms. The fourth-order valence-corrected chi connectivity index (χ4v) is 2.09. The molecule has 6 heteroatoms. The minimum absolute atomic E-state index is 0.0617. The summed E-state index contributed by atoms with van der Waals surface area (Å²) in [5.74, 6) is 0. The molecule has 0 bridgehead atoms. The zero-order valence-electron chi connectivity index (χ0n) is 11.0. The van der Waals surface area contributed by atoms with E-state index in [4.69, 9.17) is 28.3 Å². The molecular formula is C13H18Cl2N2O2. The first-order valence-corrected chi connectivity index (χ1v) is 6.76. The lowest BCUT2D eigenvalue weighted by Gasteiger charge is -2.23. The van der Waals surface area contributed by atoms with Gasteiger partial charge in [-0.1, -0.05) is 23.2 Å². The number of nitrogens with one attached hydrogen (secondary N) is 1. The number of carbonyl (C=O) groups excluding carboxylic acids is 1. The summed E-state index contributed by atoms with van der Waals surface area (Å²) in [4.78, 5) is 13.2. The third kappa shape index (κ3) is 5.27. The number of urea groups is 1. The van der Waals surface area contributed by atoms with E-state index >= 15 is 0 Å². The normalized spacial score (nSPS) is 12.1. The van der Waals surface area contributed by atoms with E-state index in [9.17, 15) is 4.79 Å². The number of benzene rings is 1. The summed E-state index contributed by atoms with van der Waals surface area (Å²) in [5.41, 5.74) is 0.968. The van der Waals surface area contributed by atoms with Gasteiger partial charge in [-0.05, 0) is 37.1 Å². The van der Waals surface area contributed by atoms with Crippen molar-refractivity contribution in [3.63, 3.8) is 0 Å². The maximum Gasteiger partial charge on any atom is 0.317 e. The lowest BCUT2D eigenvalue weighted by Crippen LogP contribution is -2.44. The summed E-state index contributed by atoms with van der Waals surface area (Å²) < 4.78 is 0. The van der Waals surface area contributed by atoms with E-state index in [0.29, 0.717) is 23.0 Å². The first kappa shape index (κ1) is 16.1. The standard InChI is InChI=1S/C13H18Cl2N2O2/c1-9(8-18)17(2)13(19)16-4-3-10-5-11(14)7-12(15)6-10/h5-7,9,18H,3-4,8H2,1-2H3,(H,16,19). The average Bonchev–Trinajstić information content (AvgIpc) is 2.35. The Balaban J connectivity index is 2.43. The SMILES string of the molecule is CC(CO)N(C)C(=O)NCCc1cc(Cl)cc(Cl)c1. The number of halogens is 2. The van der Waals surface area contributed by atoms with Crippen LogP contribution in [-0.2, 0) is 6.42 Å². The van der Waals surface area contributed by atoms with Crippen molar-refractivity contribution >= 4 is 29.2 Å². The van der Waals surface area contributed by atoms with Gasteiger partial charge in [0.1, 0.15) is 0 Å². The van der Waals surface area contributed by atoms with E-state index in [0.717, 1.165) is 5.56 Å². The molecule has 0 fully saturated rings. The summed E-state index contributed by atoms with van der Waals surface area (Å²) >= 11 is 11.8. The highest BCUT2D eigenvalue weighted by atomic mass is 35.5. The van der Waals surface area contributed by atoms with Crippen LogP contribution in [-0.4, -0.2) is 42.3 Å². The number of nitrogens with zero attached hydrogens (tertiary/aromatic N) is 1. The van der Waals surface area contributed by atoms with Crippen molar-refractivity contribution < 1.29 is 9.90 Å². The van der Waals surface area contributed by atoms with Crippen molar-refractivity contribution in [2.45, 2.75) is 19.4 Å². The molecular weight excluding hydrogens is 287 g/mol. The van der Waals surface area contributed by atoms with Crippen LogP contribution in [0.25, 0.3) is 0 Å². The summed E-state index contributed by atoms with van der Waals surface area (Å²) in [6.07, 6.45) is 0.646. The van der Waals surface area contributed by atoms with Gasteiger partial charge in [0, 0.05) is 23.6 Å². The van der Waals surface area contributed by atoms with Gasteiger partial charge in [0.15, 0.2) is 0 Å². The van der Waals surface area contributed by atoms with Crippen molar-refractivity contribution in [1.82, 2.24) is 10.2 Å². The Labute approximate surface area is 123 Å². The lowest BCUT2D eigenvalue weighted by molar-refractivity contribution is 0.157. The Morgan fingerprint density at radius 2 is 1.95 bits per heavy atom. The molecule has 1 rings (SSSR count). The summed E-state index contributed by atoms with van der Waals surface area (Å²) in [6.45, 7) is 2.20. The molecule has 4 nitrogen and oxygen atoms in total. The van der Waals surface area contributed by atoms with Gasteiger partial charge in [0.05, 0.1) is 12.6 Å². The molecule has 2 N–H and O–H groups in total. The molecule has 0 aromatic heterocycles. The van der Waals surface area contributed by atoms with Gasteiger partial charge in [-0.15, -0.1) is 0 Å². The maximum absolute atomic E-state index is 11.7. The number of carbonyl (C=O) groups is 1. The molecule has 0 heterocycles. The average molecular weight is 305 g/mol. The van der Waals surface area contributed by atoms with Crippen molar-refractivity contribution in [3.05, 3.63) is 33.8 Å². The van der Waals surface area contributed by atoms with Gasteiger partial charge in [0.25, 0.3) is 0 Å². The van der Waals surface area contributed by atoms with E-state index in [2.05, 4.69) is 5.32 Å². The van der Waals surface area contributed by atoms with Crippen LogP contribution in [0.3, 0.4) is 0 Å². The third-order valence-corrected chi connectivity index (χ3v) is 3.29. The first-order chi connectivity index (χ1) is 8.93. The van der Waals surface area contributed by atoms with Gasteiger partial charge >= 0.3 is 6.03 Å². The molecule has 0 spiro atoms. The van der Waals surface area contributed by atoms with Crippen LogP contribution >= 0.6 is 23.2 Å². The fourth-order valence-electron chi connectivity index (χ4n) is 1.52. The molecule has 1 atom stereocenters. The second kappa shape index (κ2) is 7.58. The van der Waals surface area contributed by atoms with Crippen molar-refractivity contribution in [1.29, 1.82) is 0 Å². The number of hydrogen-bond acceptors (Lipinski definition) is 2. The predicted molar refractivity (Wildman–Crippen MR) is 77.9 cm³/mol. The minimum atomic E-state index is -0.213. The highest BCUT2D eigenvalue weighted by Gasteiger charge is 2.13. The second-order valence-electron chi connectivity index (χ2n) is 4.40. The predicted octanol–water partition coefficient (Wildman–Crippen LogP) is 2.56. The fraction of sp³-hybridized carbons (Fsp3) is 0.462. The highest BCUT2D eigenvalue weighted by molar-refractivity contribution is 6.34. The number of aliphatic hydroxyl groups is 1. The molecule has 0 aliphatic carbocycles. The van der Waals surface area contributed by atoms with Crippen LogP contribution in [0.4, 0.5) is 4.79 Å². The Bertz CT molecular complexity index is 420. The third-order valence-electron chi connectivity index (χ3n) is 2.86. The van der Waals surface area contributed by atoms with Crippen LogP contribution < -0.4 is 5.32 Å². The smallest absolute Gasteiger partial charge is 0.317 e. The summed E-state index contributed by atoms with van der Waals surface area (Å²) in [6, 6.07) is 4.89. The van der Waals surface area contributed by atoms with E-state index < -0.39 is 0 Å². The van der Waals surface area contributed by atoms with Gasteiger partial charge in [-0.25, -0.2) is 4.79 Å². The summed E-state index contributed by atoms with van der Waals surface area (Å²) in [5, 5.41) is 12.9. The molecule has 1 aromatic rings. The quantitative estimate of drug-likeness (QED) is 0.878. The number of hydrogen-bond donors (Lipinski definition) is 2. The topological polar surface area (TPSA) is 52.6 Å². The molecule has 0 aliphatic rings. The van der Waals surface area contributed by atoms with E-state index in [1.54, 1.807) is 20.0 Å². The molecule has 2 amide bonds. The Kier molecular flexibility index (Phi) is 6.42. The monoisotopic (exact) mass is 304 g/mol. The van der Waals surface area contributed by atoms with Crippen molar-refractivity contribution in [2.75, 3.05) is 20.2 Å². The van der Waals surface area contributed by atoms with Gasteiger partial charge in [-0.2, -0.15) is 0 Å². The Morgan fingerprint density at radius 3 is 2.47 bits per heavy atom. The summed E-state index contributed by atoms with van der Waals surface area (Å²) in [7, 11) is 1.65. The zero-order chi connectivity index (χ0) is 14.4. The van der Waals surface area contributed by atoms with Gasteiger partial charge < -0.3 is 15.3 Å². The van der Waals surface area contributed by atoms with Crippen molar-refractivity contribution in [2.24, 2.45) is 0 Å². The molecule has 106 valence electrons. The maximum atomic E-state index is 11.7. The van der Waals surface area contributed by atoms with Crippen LogP contribution in [0.2, 0.25) is 10.0 Å². The number of rotatable bonds is 5. The zero-order valence-corrected chi connectivity index (χ0v) is 12.5. The molecule has 0 aliphatic heterocycles. The van der Waals surface area contributed by atoms with Crippen molar-refractivity contribution in [3.8, 4) is 0 Å². The van der Waals surface area contributed by atoms with Crippen LogP contribution in [0.1, 0.15) is 12.5 Å². The number of aliphatic hydroxyl groups excluding tert-OH is 1. The van der Waals surface area contributed by atoms with E-state index in [-0.39, 0.29) is 18.7 Å². The van der Waals surface area contributed by atoms with Gasteiger partial charge in [0.2, 0.25) is 0 Å². The molecule has 1 unspecified atom stereocenters. The first-order valence-electron chi connectivity index (χ1n) is 6.00. The molecule has 1 aromatic carbocycles. The van der Waals surface area contributed by atoms with Crippen LogP contribution in [0.5, 0.6) is 0 Å².